The molecule has 0 heterocycles. The van der Waals surface area contributed by atoms with Gasteiger partial charge in [0.15, 0.2) is 0 Å². The Bertz CT molecular complexity index is 481. The number of nitriles is 1. The van der Waals surface area contributed by atoms with E-state index in [1.54, 1.807) is 7.11 Å². The van der Waals surface area contributed by atoms with Gasteiger partial charge in [0.05, 0.1) is 12.5 Å². The number of rotatable bonds is 3. The highest BCUT2D eigenvalue weighted by atomic mass is 16.5. The summed E-state index contributed by atoms with van der Waals surface area (Å²) in [6, 6.07) is 12.4. The summed E-state index contributed by atoms with van der Waals surface area (Å²) in [7, 11) is 1.66. The largest absolute Gasteiger partial charge is 0.373 e. The molecule has 17 heavy (non-hydrogen) atoms. The van der Waals surface area contributed by atoms with Crippen molar-refractivity contribution in [1.29, 1.82) is 5.26 Å². The summed E-state index contributed by atoms with van der Waals surface area (Å²) < 4.78 is 5.45. The van der Waals surface area contributed by atoms with Gasteiger partial charge in [-0.3, -0.25) is 0 Å². The van der Waals surface area contributed by atoms with Gasteiger partial charge in [-0.05, 0) is 17.6 Å². The van der Waals surface area contributed by atoms with E-state index in [-0.39, 0.29) is 0 Å². The molecule has 1 aromatic carbocycles. The van der Waals surface area contributed by atoms with Gasteiger partial charge in [-0.15, -0.1) is 0 Å². The van der Waals surface area contributed by atoms with Crippen molar-refractivity contribution in [3.8, 4) is 6.07 Å². The van der Waals surface area contributed by atoms with Gasteiger partial charge >= 0.3 is 0 Å². The maximum atomic E-state index is 8.81. The molecule has 0 aromatic heterocycles. The summed E-state index contributed by atoms with van der Waals surface area (Å²) in [6.45, 7) is 0. The molecule has 0 saturated heterocycles. The Kier molecular flexibility index (Phi) is 3.41. The molecular formula is C15H15NO. The second-order valence-electron chi connectivity index (χ2n) is 4.17. The third-order valence-corrected chi connectivity index (χ3v) is 3.13. The third-order valence-electron chi connectivity index (χ3n) is 3.13. The molecule has 0 radical (unpaired) electrons. The summed E-state index contributed by atoms with van der Waals surface area (Å²) >= 11 is 0. The molecule has 0 saturated carbocycles. The lowest BCUT2D eigenvalue weighted by atomic mass is 9.87. The number of methoxy groups -OCH3 is 1. The molecule has 1 unspecified atom stereocenters. The van der Waals surface area contributed by atoms with Crippen LogP contribution < -0.4 is 0 Å². The van der Waals surface area contributed by atoms with E-state index >= 15 is 0 Å². The second kappa shape index (κ2) is 4.99. The predicted octanol–water partition coefficient (Wildman–Crippen LogP) is 3.33. The highest BCUT2D eigenvalue weighted by Crippen LogP contribution is 2.31. The van der Waals surface area contributed by atoms with E-state index < -0.39 is 5.60 Å². The first kappa shape index (κ1) is 11.6. The summed E-state index contributed by atoms with van der Waals surface area (Å²) in [4.78, 5) is 0. The quantitative estimate of drug-likeness (QED) is 0.790. The normalized spacial score (nSPS) is 22.9. The SMILES string of the molecule is COC1(CC#N)C=CC(c2ccccc2)=CC1. The van der Waals surface area contributed by atoms with Crippen LogP contribution in [0.5, 0.6) is 0 Å². The van der Waals surface area contributed by atoms with Crippen molar-refractivity contribution in [2.45, 2.75) is 18.4 Å². The minimum atomic E-state index is -0.437. The van der Waals surface area contributed by atoms with Crippen molar-refractivity contribution in [1.82, 2.24) is 0 Å². The molecule has 0 N–H and O–H groups in total. The fourth-order valence-electron chi connectivity index (χ4n) is 1.99. The van der Waals surface area contributed by atoms with Crippen molar-refractivity contribution in [3.63, 3.8) is 0 Å². The third kappa shape index (κ3) is 2.46. The Morgan fingerprint density at radius 1 is 1.35 bits per heavy atom. The molecular weight excluding hydrogens is 210 g/mol. The van der Waals surface area contributed by atoms with Crippen molar-refractivity contribution in [2.24, 2.45) is 0 Å². The zero-order valence-corrected chi connectivity index (χ0v) is 9.89. The first-order valence-corrected chi connectivity index (χ1v) is 5.66. The van der Waals surface area contributed by atoms with Gasteiger partial charge in [0.1, 0.15) is 5.60 Å². The number of allylic oxidation sites excluding steroid dienone is 2. The minimum absolute atomic E-state index is 0.387. The lowest BCUT2D eigenvalue weighted by Crippen LogP contribution is -2.29. The highest BCUT2D eigenvalue weighted by molar-refractivity contribution is 5.75. The average Bonchev–Trinajstić information content (AvgIpc) is 2.41. The zero-order chi connectivity index (χ0) is 12.1. The molecule has 0 amide bonds. The molecule has 2 nitrogen and oxygen atoms in total. The average molecular weight is 225 g/mol. The first-order valence-electron chi connectivity index (χ1n) is 5.66. The van der Waals surface area contributed by atoms with Crippen LogP contribution in [0.25, 0.3) is 5.57 Å². The maximum absolute atomic E-state index is 8.81. The van der Waals surface area contributed by atoms with Crippen molar-refractivity contribution in [3.05, 3.63) is 54.1 Å². The van der Waals surface area contributed by atoms with Crippen LogP contribution in [0.1, 0.15) is 18.4 Å². The van der Waals surface area contributed by atoms with Crippen LogP contribution in [0.4, 0.5) is 0 Å². The van der Waals surface area contributed by atoms with Crippen molar-refractivity contribution < 1.29 is 4.74 Å². The maximum Gasteiger partial charge on any atom is 0.103 e. The van der Waals surface area contributed by atoms with E-state index in [0.29, 0.717) is 6.42 Å². The van der Waals surface area contributed by atoms with Gasteiger partial charge < -0.3 is 4.74 Å². The van der Waals surface area contributed by atoms with Crippen molar-refractivity contribution >= 4 is 5.57 Å². The van der Waals surface area contributed by atoms with Crippen LogP contribution in [0.3, 0.4) is 0 Å². The number of ether oxygens (including phenoxy) is 1. The fraction of sp³-hybridized carbons (Fsp3) is 0.267. The topological polar surface area (TPSA) is 33.0 Å². The Morgan fingerprint density at radius 3 is 2.65 bits per heavy atom. The van der Waals surface area contributed by atoms with Crippen LogP contribution >= 0.6 is 0 Å². The van der Waals surface area contributed by atoms with E-state index in [9.17, 15) is 0 Å². The molecule has 1 aromatic rings. The number of hydrogen-bond acceptors (Lipinski definition) is 2. The van der Waals surface area contributed by atoms with Gasteiger partial charge in [0.25, 0.3) is 0 Å². The summed E-state index contributed by atoms with van der Waals surface area (Å²) in [5.74, 6) is 0. The molecule has 86 valence electrons. The summed E-state index contributed by atoms with van der Waals surface area (Å²) in [5, 5.41) is 8.81. The number of benzene rings is 1. The Hall–Kier alpha value is -1.85. The smallest absolute Gasteiger partial charge is 0.103 e. The van der Waals surface area contributed by atoms with Crippen LogP contribution in [0.2, 0.25) is 0 Å². The van der Waals surface area contributed by atoms with E-state index in [4.69, 9.17) is 10.00 Å². The lowest BCUT2D eigenvalue weighted by Gasteiger charge is -2.28. The lowest BCUT2D eigenvalue weighted by molar-refractivity contribution is 0.0382. The van der Waals surface area contributed by atoms with Gasteiger partial charge in [0.2, 0.25) is 0 Å². The van der Waals surface area contributed by atoms with Crippen LogP contribution in [0.15, 0.2) is 48.6 Å². The zero-order valence-electron chi connectivity index (χ0n) is 9.89. The molecule has 1 atom stereocenters. The molecule has 1 aliphatic rings. The summed E-state index contributed by atoms with van der Waals surface area (Å²) in [6.07, 6.45) is 7.31. The van der Waals surface area contributed by atoms with E-state index in [2.05, 4.69) is 24.3 Å². The first-order chi connectivity index (χ1) is 8.29. The van der Waals surface area contributed by atoms with Crippen LogP contribution in [0, 0.1) is 11.3 Å². The van der Waals surface area contributed by atoms with Gasteiger partial charge in [-0.1, -0.05) is 48.6 Å². The molecule has 2 heteroatoms. The molecule has 0 fully saturated rings. The fourth-order valence-corrected chi connectivity index (χ4v) is 1.99. The Labute approximate surface area is 102 Å². The van der Waals surface area contributed by atoms with Gasteiger partial charge in [-0.2, -0.15) is 5.26 Å². The predicted molar refractivity (Wildman–Crippen MR) is 68.1 cm³/mol. The monoisotopic (exact) mass is 225 g/mol. The van der Waals surface area contributed by atoms with Gasteiger partial charge in [-0.25, -0.2) is 0 Å². The van der Waals surface area contributed by atoms with Crippen molar-refractivity contribution in [2.75, 3.05) is 7.11 Å². The Balaban J connectivity index is 2.19. The van der Waals surface area contributed by atoms with Gasteiger partial charge in [0, 0.05) is 7.11 Å². The Morgan fingerprint density at radius 2 is 2.12 bits per heavy atom. The number of nitrogens with zero attached hydrogens (tertiary/aromatic N) is 1. The molecule has 1 aliphatic carbocycles. The van der Waals surface area contributed by atoms with E-state index in [0.717, 1.165) is 6.42 Å². The molecule has 2 rings (SSSR count). The van der Waals surface area contributed by atoms with Crippen LogP contribution in [-0.2, 0) is 4.74 Å². The van der Waals surface area contributed by atoms with Crippen LogP contribution in [-0.4, -0.2) is 12.7 Å². The molecule has 0 bridgehead atoms. The number of hydrogen-bond donors (Lipinski definition) is 0. The molecule has 0 aliphatic heterocycles. The molecule has 0 spiro atoms. The minimum Gasteiger partial charge on any atom is -0.373 e. The summed E-state index contributed by atoms with van der Waals surface area (Å²) in [5.41, 5.74) is 1.95. The highest BCUT2D eigenvalue weighted by Gasteiger charge is 2.27. The van der Waals surface area contributed by atoms with E-state index in [1.165, 1.54) is 11.1 Å². The van der Waals surface area contributed by atoms with E-state index in [1.807, 2.05) is 30.4 Å². The second-order valence-corrected chi connectivity index (χ2v) is 4.17. The standard InChI is InChI=1S/C15H15NO/c1-17-15(11-12-16)9-7-14(8-10-15)13-5-3-2-4-6-13/h2-9H,10-11H2,1H3.